The van der Waals surface area contributed by atoms with Crippen molar-refractivity contribution < 1.29 is 17.6 Å². The van der Waals surface area contributed by atoms with Crippen molar-refractivity contribution in [1.82, 2.24) is 19.7 Å². The van der Waals surface area contributed by atoms with Crippen LogP contribution in [0.25, 0.3) is 17.1 Å². The summed E-state index contributed by atoms with van der Waals surface area (Å²) in [4.78, 5) is 14.6. The molecule has 1 amide bonds. The molecular weight excluding hydrogens is 436 g/mol. The van der Waals surface area contributed by atoms with Gasteiger partial charge in [0, 0.05) is 18.3 Å². The summed E-state index contributed by atoms with van der Waals surface area (Å²) >= 11 is 1.29. The fourth-order valence-electron chi connectivity index (χ4n) is 3.83. The van der Waals surface area contributed by atoms with Gasteiger partial charge in [-0.1, -0.05) is 30.0 Å². The maximum absolute atomic E-state index is 12.9. The number of furan rings is 1. The summed E-state index contributed by atoms with van der Waals surface area (Å²) in [7, 11) is -3.06. The fraction of sp³-hybridized carbons (Fsp3) is 0.381. The second-order valence-corrected chi connectivity index (χ2v) is 10.6. The van der Waals surface area contributed by atoms with Gasteiger partial charge in [-0.15, -0.1) is 10.2 Å². The number of rotatable bonds is 7. The first-order chi connectivity index (χ1) is 14.9. The van der Waals surface area contributed by atoms with Gasteiger partial charge in [-0.3, -0.25) is 9.36 Å². The molecule has 4 rings (SSSR count). The third kappa shape index (κ3) is 4.54. The molecular formula is C21H24N4O4S2. The maximum atomic E-state index is 12.9. The summed E-state index contributed by atoms with van der Waals surface area (Å²) in [6.45, 7) is 4.22. The van der Waals surface area contributed by atoms with E-state index in [1.54, 1.807) is 11.2 Å². The summed E-state index contributed by atoms with van der Waals surface area (Å²) in [5.41, 5.74) is 1.72. The second-order valence-electron chi connectivity index (χ2n) is 7.39. The van der Waals surface area contributed by atoms with E-state index in [2.05, 4.69) is 10.2 Å². The van der Waals surface area contributed by atoms with E-state index in [0.29, 0.717) is 23.9 Å². The van der Waals surface area contributed by atoms with Crippen molar-refractivity contribution in [2.45, 2.75) is 31.5 Å². The molecule has 164 valence electrons. The van der Waals surface area contributed by atoms with Crippen LogP contribution >= 0.6 is 11.8 Å². The third-order valence-electron chi connectivity index (χ3n) is 5.38. The molecule has 31 heavy (non-hydrogen) atoms. The van der Waals surface area contributed by atoms with E-state index in [-0.39, 0.29) is 29.2 Å². The number of benzene rings is 1. The Morgan fingerprint density at radius 3 is 2.65 bits per heavy atom. The van der Waals surface area contributed by atoms with Gasteiger partial charge in [0.1, 0.15) is 5.76 Å². The Kier molecular flexibility index (Phi) is 6.19. The molecule has 0 bridgehead atoms. The van der Waals surface area contributed by atoms with Crippen molar-refractivity contribution in [2.75, 3.05) is 23.8 Å². The first kappa shape index (κ1) is 21.6. The molecule has 0 unspecified atom stereocenters. The minimum absolute atomic E-state index is 0.0430. The standard InChI is InChI=1S/C21H24N4O4S2/c1-3-24(17-10-12-31(27,28)14-17)19(26)13-30-21-23-22-20(18-9-11-29-15(18)2)25(21)16-7-5-4-6-8-16/h4-9,11,17H,3,10,12-14H2,1-2H3/t17-/m0/s1. The molecule has 1 aliphatic heterocycles. The number of amides is 1. The van der Waals surface area contributed by atoms with Crippen LogP contribution in [0.1, 0.15) is 19.1 Å². The van der Waals surface area contributed by atoms with Crippen LogP contribution in [0.15, 0.2) is 52.2 Å². The molecule has 10 heteroatoms. The van der Waals surface area contributed by atoms with E-state index in [4.69, 9.17) is 4.42 Å². The van der Waals surface area contributed by atoms with Crippen LogP contribution in [0, 0.1) is 6.92 Å². The quantitative estimate of drug-likeness (QED) is 0.500. The number of thioether (sulfide) groups is 1. The SMILES string of the molecule is CCN(C(=O)CSc1nnc(-c2ccoc2C)n1-c1ccccc1)[C@H]1CCS(=O)(=O)C1. The number of carbonyl (C=O) groups is 1. The number of hydrogen-bond donors (Lipinski definition) is 0. The topological polar surface area (TPSA) is 98.3 Å². The van der Waals surface area contributed by atoms with E-state index in [9.17, 15) is 13.2 Å². The molecule has 0 saturated carbocycles. The van der Waals surface area contributed by atoms with Crippen LogP contribution in [0.5, 0.6) is 0 Å². The highest BCUT2D eigenvalue weighted by molar-refractivity contribution is 7.99. The smallest absolute Gasteiger partial charge is 0.233 e. The number of hydrogen-bond acceptors (Lipinski definition) is 7. The predicted octanol–water partition coefficient (Wildman–Crippen LogP) is 2.96. The fourth-order valence-corrected chi connectivity index (χ4v) is 6.40. The molecule has 1 aliphatic rings. The van der Waals surface area contributed by atoms with Gasteiger partial charge in [-0.05, 0) is 38.5 Å². The number of nitrogens with zero attached hydrogens (tertiary/aromatic N) is 4. The summed E-state index contributed by atoms with van der Waals surface area (Å²) < 4.78 is 31.0. The number of carbonyl (C=O) groups excluding carboxylic acids is 1. The van der Waals surface area contributed by atoms with Gasteiger partial charge in [0.2, 0.25) is 5.91 Å². The minimum atomic E-state index is -3.06. The molecule has 0 N–H and O–H groups in total. The number of sulfone groups is 1. The van der Waals surface area contributed by atoms with Crippen molar-refractivity contribution >= 4 is 27.5 Å². The Hall–Kier alpha value is -2.59. The van der Waals surface area contributed by atoms with E-state index in [0.717, 1.165) is 17.0 Å². The summed E-state index contributed by atoms with van der Waals surface area (Å²) in [6, 6.07) is 11.3. The number of aryl methyl sites for hydroxylation is 1. The first-order valence-corrected chi connectivity index (χ1v) is 12.9. The van der Waals surface area contributed by atoms with Crippen LogP contribution < -0.4 is 0 Å². The molecule has 0 spiro atoms. The summed E-state index contributed by atoms with van der Waals surface area (Å²) in [5, 5.41) is 9.29. The van der Waals surface area contributed by atoms with Crippen molar-refractivity contribution in [3.05, 3.63) is 48.4 Å². The normalized spacial score (nSPS) is 17.7. The zero-order chi connectivity index (χ0) is 22.0. The average molecular weight is 461 g/mol. The van der Waals surface area contributed by atoms with Gasteiger partial charge in [0.15, 0.2) is 20.8 Å². The van der Waals surface area contributed by atoms with Crippen LogP contribution in [0.4, 0.5) is 0 Å². The van der Waals surface area contributed by atoms with Gasteiger partial charge >= 0.3 is 0 Å². The lowest BCUT2D eigenvalue weighted by molar-refractivity contribution is -0.129. The molecule has 1 fully saturated rings. The molecule has 1 saturated heterocycles. The predicted molar refractivity (Wildman–Crippen MR) is 119 cm³/mol. The van der Waals surface area contributed by atoms with Crippen molar-refractivity contribution in [3.63, 3.8) is 0 Å². The van der Waals surface area contributed by atoms with E-state index in [1.807, 2.05) is 54.8 Å². The average Bonchev–Trinajstić information content (AvgIpc) is 3.45. The molecule has 1 aromatic carbocycles. The van der Waals surface area contributed by atoms with Crippen molar-refractivity contribution in [3.8, 4) is 17.1 Å². The molecule has 0 aliphatic carbocycles. The van der Waals surface area contributed by atoms with Gasteiger partial charge in [-0.2, -0.15) is 0 Å². The summed E-state index contributed by atoms with van der Waals surface area (Å²) in [6.07, 6.45) is 2.11. The monoisotopic (exact) mass is 460 g/mol. The molecule has 3 heterocycles. The van der Waals surface area contributed by atoms with E-state index in [1.165, 1.54) is 11.8 Å². The van der Waals surface area contributed by atoms with Gasteiger partial charge in [0.05, 0.1) is 29.1 Å². The number of para-hydroxylation sites is 1. The van der Waals surface area contributed by atoms with Gasteiger partial charge in [0.25, 0.3) is 0 Å². The lowest BCUT2D eigenvalue weighted by atomic mass is 10.2. The van der Waals surface area contributed by atoms with Crippen molar-refractivity contribution in [1.29, 1.82) is 0 Å². The molecule has 3 aromatic rings. The molecule has 2 aromatic heterocycles. The highest BCUT2D eigenvalue weighted by atomic mass is 32.2. The Morgan fingerprint density at radius 2 is 2.03 bits per heavy atom. The second kappa shape index (κ2) is 8.88. The third-order valence-corrected chi connectivity index (χ3v) is 8.05. The molecule has 8 nitrogen and oxygen atoms in total. The maximum Gasteiger partial charge on any atom is 0.233 e. The zero-order valence-electron chi connectivity index (χ0n) is 17.4. The minimum Gasteiger partial charge on any atom is -0.469 e. The molecule has 1 atom stereocenters. The van der Waals surface area contributed by atoms with Crippen LogP contribution in [-0.2, 0) is 14.6 Å². The highest BCUT2D eigenvalue weighted by Gasteiger charge is 2.34. The van der Waals surface area contributed by atoms with E-state index >= 15 is 0 Å². The molecule has 0 radical (unpaired) electrons. The largest absolute Gasteiger partial charge is 0.469 e. The van der Waals surface area contributed by atoms with Gasteiger partial charge in [-0.25, -0.2) is 8.42 Å². The van der Waals surface area contributed by atoms with Crippen LogP contribution in [0.3, 0.4) is 0 Å². The van der Waals surface area contributed by atoms with E-state index < -0.39 is 9.84 Å². The Balaban J connectivity index is 1.58. The highest BCUT2D eigenvalue weighted by Crippen LogP contribution is 2.30. The Bertz CT molecular complexity index is 1170. The Morgan fingerprint density at radius 1 is 1.26 bits per heavy atom. The number of aromatic nitrogens is 3. The van der Waals surface area contributed by atoms with Crippen LogP contribution in [-0.4, -0.2) is 63.8 Å². The summed E-state index contributed by atoms with van der Waals surface area (Å²) in [5.74, 6) is 1.61. The Labute approximate surface area is 185 Å². The zero-order valence-corrected chi connectivity index (χ0v) is 19.0. The van der Waals surface area contributed by atoms with Crippen molar-refractivity contribution in [2.24, 2.45) is 0 Å². The lowest BCUT2D eigenvalue weighted by Crippen LogP contribution is -2.42. The van der Waals surface area contributed by atoms with Crippen LogP contribution in [0.2, 0.25) is 0 Å². The first-order valence-electron chi connectivity index (χ1n) is 10.1. The lowest BCUT2D eigenvalue weighted by Gasteiger charge is -2.26. The van der Waals surface area contributed by atoms with Gasteiger partial charge < -0.3 is 9.32 Å².